The van der Waals surface area contributed by atoms with Gasteiger partial charge in [-0.1, -0.05) is 11.6 Å². The monoisotopic (exact) mass is 456 g/mol. The molecule has 4 rings (SSSR count). The lowest BCUT2D eigenvalue weighted by Crippen LogP contribution is -2.35. The number of pyridine rings is 1. The number of nitrogens with one attached hydrogen (secondary N) is 2. The Morgan fingerprint density at radius 2 is 1.90 bits per heavy atom. The topological polar surface area (TPSA) is 112 Å². The summed E-state index contributed by atoms with van der Waals surface area (Å²) in [5.41, 5.74) is 1.71. The zero-order valence-corrected chi connectivity index (χ0v) is 17.7. The molecule has 0 saturated carbocycles. The molecule has 0 spiro atoms. The Kier molecular flexibility index (Phi) is 5.88. The van der Waals surface area contributed by atoms with Gasteiger partial charge in [-0.3, -0.25) is 15.1 Å². The zero-order valence-electron chi connectivity index (χ0n) is 16.1. The number of aromatic nitrogens is 1. The number of hydrogen-bond donors (Lipinski definition) is 3. The van der Waals surface area contributed by atoms with E-state index in [-0.39, 0.29) is 23.0 Å². The molecule has 0 aliphatic carbocycles. The van der Waals surface area contributed by atoms with Crippen molar-refractivity contribution in [2.75, 3.05) is 17.2 Å². The van der Waals surface area contributed by atoms with Gasteiger partial charge in [0.25, 0.3) is 5.91 Å². The number of benzene rings is 1. The number of nitrogens with zero attached hydrogens (tertiary/aromatic N) is 2. The molecular formula is C21H17ClN4O4S. The SMILES string of the molecule is O=C(Nc1ccc(Cl)cc1)Nc1sc2c(c1C(=O)O)CCN(C(=O)c1cccnc1)C2. The number of amides is 3. The number of carbonyl (C=O) groups is 3. The molecule has 1 aromatic carbocycles. The molecule has 2 aromatic heterocycles. The molecule has 0 fully saturated rings. The molecule has 3 heterocycles. The molecule has 0 atom stereocenters. The predicted molar refractivity (Wildman–Crippen MR) is 118 cm³/mol. The standard InChI is InChI=1S/C21H17ClN4O4S/c22-13-3-5-14(6-4-13)24-21(30)25-18-17(20(28)29)15-7-9-26(11-16(15)31-18)19(27)12-2-1-8-23-10-12/h1-6,8,10H,7,9,11H2,(H,28,29)(H2,24,25,30). The van der Waals surface area contributed by atoms with Crippen LogP contribution in [0, 0.1) is 0 Å². The molecule has 3 aromatic rings. The largest absolute Gasteiger partial charge is 0.478 e. The molecular weight excluding hydrogens is 440 g/mol. The summed E-state index contributed by atoms with van der Waals surface area (Å²) in [5, 5.41) is 15.8. The summed E-state index contributed by atoms with van der Waals surface area (Å²) >= 11 is 7.01. The second-order valence-electron chi connectivity index (χ2n) is 6.82. The number of aromatic carboxylic acids is 1. The van der Waals surface area contributed by atoms with Crippen LogP contribution in [0.15, 0.2) is 48.8 Å². The number of rotatable bonds is 4. The van der Waals surface area contributed by atoms with Crippen molar-refractivity contribution < 1.29 is 19.5 Å². The van der Waals surface area contributed by atoms with E-state index < -0.39 is 12.0 Å². The Labute approximate surface area is 186 Å². The van der Waals surface area contributed by atoms with Crippen molar-refractivity contribution in [1.29, 1.82) is 0 Å². The van der Waals surface area contributed by atoms with E-state index in [1.165, 1.54) is 6.20 Å². The Hall–Kier alpha value is -3.43. The fraction of sp³-hybridized carbons (Fsp3) is 0.143. The number of carbonyl (C=O) groups excluding carboxylic acids is 2. The number of anilines is 2. The number of fused-ring (bicyclic) bond motifs is 1. The van der Waals surface area contributed by atoms with Crippen molar-refractivity contribution in [3.63, 3.8) is 0 Å². The first kappa shape index (κ1) is 20.8. The van der Waals surface area contributed by atoms with Crippen LogP contribution in [0.1, 0.15) is 31.2 Å². The lowest BCUT2D eigenvalue weighted by Gasteiger charge is -2.27. The molecule has 3 amide bonds. The van der Waals surface area contributed by atoms with Crippen LogP contribution >= 0.6 is 22.9 Å². The Morgan fingerprint density at radius 1 is 1.13 bits per heavy atom. The molecule has 0 unspecified atom stereocenters. The van der Waals surface area contributed by atoms with E-state index >= 15 is 0 Å². The smallest absolute Gasteiger partial charge is 0.339 e. The summed E-state index contributed by atoms with van der Waals surface area (Å²) < 4.78 is 0. The highest BCUT2D eigenvalue weighted by molar-refractivity contribution is 7.17. The van der Waals surface area contributed by atoms with Gasteiger partial charge in [0.1, 0.15) is 5.00 Å². The Balaban J connectivity index is 1.53. The van der Waals surface area contributed by atoms with Gasteiger partial charge in [0.15, 0.2) is 0 Å². The second kappa shape index (κ2) is 8.75. The van der Waals surface area contributed by atoms with Crippen LogP contribution in [0.4, 0.5) is 15.5 Å². The fourth-order valence-corrected chi connectivity index (χ4v) is 4.74. The van der Waals surface area contributed by atoms with Crippen LogP contribution < -0.4 is 10.6 Å². The van der Waals surface area contributed by atoms with Crippen molar-refractivity contribution in [1.82, 2.24) is 9.88 Å². The maximum Gasteiger partial charge on any atom is 0.339 e. The minimum absolute atomic E-state index is 0.0692. The highest BCUT2D eigenvalue weighted by atomic mass is 35.5. The maximum absolute atomic E-state index is 12.7. The Morgan fingerprint density at radius 3 is 2.58 bits per heavy atom. The Bertz CT molecular complexity index is 1150. The van der Waals surface area contributed by atoms with Crippen LogP contribution in [0.5, 0.6) is 0 Å². The first-order valence-electron chi connectivity index (χ1n) is 9.33. The average molecular weight is 457 g/mol. The minimum Gasteiger partial charge on any atom is -0.478 e. The number of thiophene rings is 1. The fourth-order valence-electron chi connectivity index (χ4n) is 3.36. The van der Waals surface area contributed by atoms with Crippen molar-refractivity contribution in [3.8, 4) is 0 Å². The van der Waals surface area contributed by atoms with Gasteiger partial charge in [0, 0.05) is 34.5 Å². The van der Waals surface area contributed by atoms with Crippen LogP contribution in [0.25, 0.3) is 0 Å². The van der Waals surface area contributed by atoms with Crippen LogP contribution in [-0.2, 0) is 13.0 Å². The van der Waals surface area contributed by atoms with Gasteiger partial charge in [-0.2, -0.15) is 0 Å². The predicted octanol–water partition coefficient (Wildman–Crippen LogP) is 4.34. The molecule has 10 heteroatoms. The highest BCUT2D eigenvalue weighted by Gasteiger charge is 2.30. The van der Waals surface area contributed by atoms with E-state index in [1.807, 2.05) is 0 Å². The van der Waals surface area contributed by atoms with E-state index in [0.29, 0.717) is 34.8 Å². The van der Waals surface area contributed by atoms with Crippen molar-refractivity contribution in [3.05, 3.63) is 75.4 Å². The summed E-state index contributed by atoms with van der Waals surface area (Å²) in [4.78, 5) is 43.4. The van der Waals surface area contributed by atoms with E-state index in [0.717, 1.165) is 16.2 Å². The van der Waals surface area contributed by atoms with E-state index in [2.05, 4.69) is 15.6 Å². The summed E-state index contributed by atoms with van der Waals surface area (Å²) in [6.07, 6.45) is 3.49. The van der Waals surface area contributed by atoms with Crippen LogP contribution in [0.3, 0.4) is 0 Å². The second-order valence-corrected chi connectivity index (χ2v) is 8.36. The summed E-state index contributed by atoms with van der Waals surface area (Å²) in [6.45, 7) is 0.655. The molecule has 3 N–H and O–H groups in total. The van der Waals surface area contributed by atoms with Gasteiger partial charge >= 0.3 is 12.0 Å². The van der Waals surface area contributed by atoms with Gasteiger partial charge in [0.2, 0.25) is 0 Å². The normalized spacial score (nSPS) is 12.7. The van der Waals surface area contributed by atoms with E-state index in [4.69, 9.17) is 11.6 Å². The molecule has 0 saturated heterocycles. The van der Waals surface area contributed by atoms with Gasteiger partial charge in [-0.15, -0.1) is 11.3 Å². The maximum atomic E-state index is 12.7. The van der Waals surface area contributed by atoms with Crippen molar-refractivity contribution in [2.45, 2.75) is 13.0 Å². The molecule has 0 bridgehead atoms. The van der Waals surface area contributed by atoms with Crippen molar-refractivity contribution in [2.24, 2.45) is 0 Å². The average Bonchev–Trinajstić information content (AvgIpc) is 3.12. The van der Waals surface area contributed by atoms with Gasteiger partial charge in [-0.25, -0.2) is 9.59 Å². The number of carboxylic acid groups (broad SMARTS) is 1. The molecule has 8 nitrogen and oxygen atoms in total. The van der Waals surface area contributed by atoms with Gasteiger partial charge in [-0.05, 0) is 48.4 Å². The summed E-state index contributed by atoms with van der Waals surface area (Å²) in [6, 6.07) is 9.37. The van der Waals surface area contributed by atoms with Crippen LogP contribution in [-0.4, -0.2) is 39.4 Å². The molecule has 158 valence electrons. The molecule has 1 aliphatic heterocycles. The quantitative estimate of drug-likeness (QED) is 0.540. The van der Waals surface area contributed by atoms with Crippen molar-refractivity contribution >= 4 is 51.5 Å². The third kappa shape index (κ3) is 4.52. The van der Waals surface area contributed by atoms with Crippen LogP contribution in [0.2, 0.25) is 5.02 Å². The number of hydrogen-bond acceptors (Lipinski definition) is 5. The third-order valence-electron chi connectivity index (χ3n) is 4.80. The molecule has 0 radical (unpaired) electrons. The number of urea groups is 1. The zero-order chi connectivity index (χ0) is 22.0. The van der Waals surface area contributed by atoms with E-state index in [1.54, 1.807) is 47.5 Å². The van der Waals surface area contributed by atoms with Gasteiger partial charge in [0.05, 0.1) is 17.7 Å². The molecule has 31 heavy (non-hydrogen) atoms. The first-order chi connectivity index (χ1) is 14.9. The highest BCUT2D eigenvalue weighted by Crippen LogP contribution is 2.37. The lowest BCUT2D eigenvalue weighted by molar-refractivity contribution is 0.0696. The summed E-state index contributed by atoms with van der Waals surface area (Å²) in [5.74, 6) is -1.29. The van der Waals surface area contributed by atoms with Gasteiger partial charge < -0.3 is 15.3 Å². The first-order valence-corrected chi connectivity index (χ1v) is 10.5. The van der Waals surface area contributed by atoms with E-state index in [9.17, 15) is 19.5 Å². The number of carboxylic acids is 1. The summed E-state index contributed by atoms with van der Waals surface area (Å²) in [7, 11) is 0. The number of halogens is 1. The molecule has 1 aliphatic rings. The minimum atomic E-state index is -1.12. The lowest BCUT2D eigenvalue weighted by atomic mass is 10.0. The third-order valence-corrected chi connectivity index (χ3v) is 6.18.